The Morgan fingerprint density at radius 3 is 2.93 bits per heavy atom. The fourth-order valence-corrected chi connectivity index (χ4v) is 1.55. The van der Waals surface area contributed by atoms with E-state index in [1.54, 1.807) is 12.1 Å². The number of hydrogen-bond donors (Lipinski definition) is 2. The zero-order valence-electron chi connectivity index (χ0n) is 8.95. The van der Waals surface area contributed by atoms with Crippen LogP contribution in [-0.4, -0.2) is 16.2 Å². The lowest BCUT2D eigenvalue weighted by Gasteiger charge is -2.06. The van der Waals surface area contributed by atoms with Gasteiger partial charge in [-0.3, -0.25) is 0 Å². The lowest BCUT2D eigenvalue weighted by Crippen LogP contribution is -2.01. The topological polar surface area (TPSA) is 45.2 Å². The fraction of sp³-hybridized carbons (Fsp3) is 0.333. The van der Waals surface area contributed by atoms with Gasteiger partial charge in [-0.1, -0.05) is 0 Å². The second-order valence-electron chi connectivity index (χ2n) is 3.90. The molecule has 3 heteroatoms. The summed E-state index contributed by atoms with van der Waals surface area (Å²) in [6.07, 6.45) is 2.15. The molecule has 2 aromatic rings. The monoisotopic (exact) mass is 205 g/mol. The molecule has 2 rings (SSSR count). The van der Waals surface area contributed by atoms with E-state index in [0.717, 1.165) is 16.5 Å². The average molecular weight is 205 g/mol. The predicted molar refractivity (Wildman–Crippen MR) is 59.9 cm³/mol. The number of hydrogen-bond acceptors (Lipinski definition) is 2. The minimum Gasteiger partial charge on any atom is -0.508 e. The summed E-state index contributed by atoms with van der Waals surface area (Å²) in [5, 5.41) is 10.4. The Morgan fingerprint density at radius 1 is 1.40 bits per heavy atom. The van der Waals surface area contributed by atoms with Crippen LogP contribution in [0.2, 0.25) is 0 Å². The van der Waals surface area contributed by atoms with Crippen molar-refractivity contribution in [3.63, 3.8) is 0 Å². The predicted octanol–water partition coefficient (Wildman–Crippen LogP) is 2.80. The van der Waals surface area contributed by atoms with Gasteiger partial charge in [0.05, 0.1) is 12.7 Å². The molecule has 1 aromatic carbocycles. The highest BCUT2D eigenvalue weighted by Crippen LogP contribution is 2.23. The van der Waals surface area contributed by atoms with Gasteiger partial charge in [-0.05, 0) is 26.0 Å². The number of fused-ring (bicyclic) bond motifs is 1. The third kappa shape index (κ3) is 2.13. The largest absolute Gasteiger partial charge is 0.508 e. The molecule has 0 atom stereocenters. The number of aromatic hydroxyl groups is 1. The van der Waals surface area contributed by atoms with Crippen LogP contribution in [0.3, 0.4) is 0 Å². The number of aromatic nitrogens is 1. The number of phenolic OH excluding ortho intramolecular Hbond substituents is 1. The third-order valence-corrected chi connectivity index (χ3v) is 2.32. The van der Waals surface area contributed by atoms with Crippen molar-refractivity contribution in [2.45, 2.75) is 26.6 Å². The van der Waals surface area contributed by atoms with Crippen LogP contribution in [0, 0.1) is 0 Å². The van der Waals surface area contributed by atoms with Gasteiger partial charge in [0, 0.05) is 28.7 Å². The van der Waals surface area contributed by atoms with E-state index in [9.17, 15) is 5.11 Å². The van der Waals surface area contributed by atoms with Crippen molar-refractivity contribution in [3.8, 4) is 5.75 Å². The van der Waals surface area contributed by atoms with Crippen molar-refractivity contribution >= 4 is 10.9 Å². The summed E-state index contributed by atoms with van der Waals surface area (Å²) >= 11 is 0. The second-order valence-corrected chi connectivity index (χ2v) is 3.90. The standard InChI is InChI=1S/C12H15NO2/c1-8(2)15-7-9-6-13-12-5-10(14)3-4-11(9)12/h3-6,8,13-14H,7H2,1-2H3. The Labute approximate surface area is 88.7 Å². The third-order valence-electron chi connectivity index (χ3n) is 2.32. The number of nitrogens with one attached hydrogen (secondary N) is 1. The van der Waals surface area contributed by atoms with E-state index in [2.05, 4.69) is 4.98 Å². The Balaban J connectivity index is 2.29. The van der Waals surface area contributed by atoms with Crippen molar-refractivity contribution in [2.75, 3.05) is 0 Å². The van der Waals surface area contributed by atoms with E-state index in [1.165, 1.54) is 0 Å². The molecule has 0 unspecified atom stereocenters. The molecule has 1 aromatic heterocycles. The van der Waals surface area contributed by atoms with Gasteiger partial charge in [0.25, 0.3) is 0 Å². The first-order valence-electron chi connectivity index (χ1n) is 5.07. The molecule has 0 aliphatic heterocycles. The lowest BCUT2D eigenvalue weighted by atomic mass is 10.2. The van der Waals surface area contributed by atoms with Crippen molar-refractivity contribution in [1.82, 2.24) is 4.98 Å². The molecule has 0 radical (unpaired) electrons. The highest BCUT2D eigenvalue weighted by atomic mass is 16.5. The highest BCUT2D eigenvalue weighted by molar-refractivity contribution is 5.84. The van der Waals surface area contributed by atoms with Gasteiger partial charge >= 0.3 is 0 Å². The van der Waals surface area contributed by atoms with Gasteiger partial charge in [0.1, 0.15) is 5.75 Å². The molecule has 0 saturated heterocycles. The van der Waals surface area contributed by atoms with Gasteiger partial charge < -0.3 is 14.8 Å². The van der Waals surface area contributed by atoms with Crippen LogP contribution in [0.15, 0.2) is 24.4 Å². The first kappa shape index (κ1) is 10.1. The maximum Gasteiger partial charge on any atom is 0.117 e. The Hall–Kier alpha value is -1.48. The number of phenols is 1. The Morgan fingerprint density at radius 2 is 2.20 bits per heavy atom. The number of ether oxygens (including phenoxy) is 1. The van der Waals surface area contributed by atoms with E-state index in [-0.39, 0.29) is 11.9 Å². The van der Waals surface area contributed by atoms with E-state index in [4.69, 9.17) is 4.74 Å². The molecule has 0 amide bonds. The van der Waals surface area contributed by atoms with Crippen LogP contribution in [0.1, 0.15) is 19.4 Å². The Kier molecular flexibility index (Phi) is 2.64. The summed E-state index contributed by atoms with van der Waals surface area (Å²) in [6, 6.07) is 5.31. The molecule has 1 heterocycles. The summed E-state index contributed by atoms with van der Waals surface area (Å²) in [4.78, 5) is 3.11. The SMILES string of the molecule is CC(C)OCc1c[nH]c2cc(O)ccc12. The number of H-pyrrole nitrogens is 1. The summed E-state index contributed by atoms with van der Waals surface area (Å²) in [5.74, 6) is 0.278. The van der Waals surface area contributed by atoms with Crippen molar-refractivity contribution < 1.29 is 9.84 Å². The van der Waals surface area contributed by atoms with Crippen molar-refractivity contribution in [1.29, 1.82) is 0 Å². The number of aromatic amines is 1. The van der Waals surface area contributed by atoms with Crippen LogP contribution in [0.25, 0.3) is 10.9 Å². The molecule has 0 spiro atoms. The number of benzene rings is 1. The minimum atomic E-state index is 0.229. The summed E-state index contributed by atoms with van der Waals surface area (Å²) in [7, 11) is 0. The maximum atomic E-state index is 9.31. The molecular formula is C12H15NO2. The van der Waals surface area contributed by atoms with Crippen LogP contribution in [-0.2, 0) is 11.3 Å². The van der Waals surface area contributed by atoms with Crippen LogP contribution in [0.4, 0.5) is 0 Å². The zero-order valence-corrected chi connectivity index (χ0v) is 8.95. The minimum absolute atomic E-state index is 0.229. The van der Waals surface area contributed by atoms with Gasteiger partial charge in [-0.2, -0.15) is 0 Å². The highest BCUT2D eigenvalue weighted by Gasteiger charge is 2.04. The first-order valence-corrected chi connectivity index (χ1v) is 5.07. The van der Waals surface area contributed by atoms with Gasteiger partial charge in [-0.25, -0.2) is 0 Å². The van der Waals surface area contributed by atoms with Crippen molar-refractivity contribution in [3.05, 3.63) is 30.0 Å². The maximum absolute atomic E-state index is 9.31. The molecule has 0 saturated carbocycles. The molecule has 0 aliphatic carbocycles. The summed E-state index contributed by atoms with van der Waals surface area (Å²) in [5.41, 5.74) is 2.07. The molecular weight excluding hydrogens is 190 g/mol. The average Bonchev–Trinajstić information content (AvgIpc) is 2.57. The van der Waals surface area contributed by atoms with Gasteiger partial charge in [0.15, 0.2) is 0 Å². The van der Waals surface area contributed by atoms with E-state index in [0.29, 0.717) is 6.61 Å². The molecule has 3 nitrogen and oxygen atoms in total. The van der Waals surface area contributed by atoms with E-state index in [1.807, 2.05) is 26.1 Å². The normalized spacial score (nSPS) is 11.4. The van der Waals surface area contributed by atoms with Crippen LogP contribution in [0.5, 0.6) is 5.75 Å². The number of rotatable bonds is 3. The molecule has 80 valence electrons. The van der Waals surface area contributed by atoms with E-state index < -0.39 is 0 Å². The van der Waals surface area contributed by atoms with Gasteiger partial charge in [-0.15, -0.1) is 0 Å². The van der Waals surface area contributed by atoms with Crippen molar-refractivity contribution in [2.24, 2.45) is 0 Å². The fourth-order valence-electron chi connectivity index (χ4n) is 1.55. The molecule has 0 aliphatic rings. The Bertz CT molecular complexity index is 460. The van der Waals surface area contributed by atoms with Crippen LogP contribution < -0.4 is 0 Å². The second kappa shape index (κ2) is 3.95. The molecule has 0 bridgehead atoms. The first-order chi connectivity index (χ1) is 7.16. The zero-order chi connectivity index (χ0) is 10.8. The molecule has 0 fully saturated rings. The van der Waals surface area contributed by atoms with Crippen LogP contribution >= 0.6 is 0 Å². The van der Waals surface area contributed by atoms with Gasteiger partial charge in [0.2, 0.25) is 0 Å². The van der Waals surface area contributed by atoms with E-state index >= 15 is 0 Å². The molecule has 2 N–H and O–H groups in total. The quantitative estimate of drug-likeness (QED) is 0.809. The summed E-state index contributed by atoms with van der Waals surface area (Å²) < 4.78 is 5.54. The summed E-state index contributed by atoms with van der Waals surface area (Å²) in [6.45, 7) is 4.63. The smallest absolute Gasteiger partial charge is 0.117 e. The molecule has 15 heavy (non-hydrogen) atoms. The lowest BCUT2D eigenvalue weighted by molar-refractivity contribution is 0.0664.